The molecule has 0 aliphatic heterocycles. The van der Waals surface area contributed by atoms with Gasteiger partial charge in [0, 0.05) is 17.1 Å². The first kappa shape index (κ1) is 14.6. The van der Waals surface area contributed by atoms with Crippen molar-refractivity contribution < 1.29 is 9.72 Å². The molecule has 1 aromatic carbocycles. The Bertz CT molecular complexity index is 672. The van der Waals surface area contributed by atoms with Crippen LogP contribution in [0.4, 0.5) is 5.69 Å². The van der Waals surface area contributed by atoms with Crippen LogP contribution in [0, 0.1) is 17.0 Å². The fraction of sp³-hybridized carbons (Fsp3) is 0.167. The van der Waals surface area contributed by atoms with E-state index in [4.69, 9.17) is 0 Å². The summed E-state index contributed by atoms with van der Waals surface area (Å²) in [5, 5.41) is 16.2. The van der Waals surface area contributed by atoms with Gasteiger partial charge in [-0.1, -0.05) is 6.07 Å². The van der Waals surface area contributed by atoms with Crippen molar-refractivity contribution in [2.45, 2.75) is 13.5 Å². The van der Waals surface area contributed by atoms with Gasteiger partial charge in [-0.15, -0.1) is 11.3 Å². The van der Waals surface area contributed by atoms with Gasteiger partial charge >= 0.3 is 0 Å². The van der Waals surface area contributed by atoms with E-state index in [2.05, 4.69) is 26.2 Å². The van der Waals surface area contributed by atoms with Crippen molar-refractivity contribution in [2.24, 2.45) is 0 Å². The number of aryl methyl sites for hydroxylation is 1. The molecule has 1 amide bonds. The van der Waals surface area contributed by atoms with Gasteiger partial charge in [-0.25, -0.2) is 4.98 Å². The summed E-state index contributed by atoms with van der Waals surface area (Å²) >= 11 is 4.55. The van der Waals surface area contributed by atoms with Gasteiger partial charge in [0.2, 0.25) is 0 Å². The third-order valence-electron chi connectivity index (χ3n) is 2.49. The summed E-state index contributed by atoms with van der Waals surface area (Å²) in [5.74, 6) is -0.381. The number of nitro groups is 1. The number of carbonyl (C=O) groups excluding carboxylic acids is 1. The summed E-state index contributed by atoms with van der Waals surface area (Å²) in [5.41, 5.74) is 0.992. The van der Waals surface area contributed by atoms with Crippen molar-refractivity contribution in [3.63, 3.8) is 0 Å². The number of benzene rings is 1. The average Bonchev–Trinajstić information content (AvgIpc) is 2.81. The number of nitrogens with zero attached hydrogens (tertiary/aromatic N) is 2. The number of thiazole rings is 1. The third kappa shape index (κ3) is 3.20. The molecular weight excluding hydrogens is 346 g/mol. The summed E-state index contributed by atoms with van der Waals surface area (Å²) in [6.45, 7) is 2.17. The van der Waals surface area contributed by atoms with Crippen LogP contribution in [0.2, 0.25) is 0 Å². The predicted molar refractivity (Wildman–Crippen MR) is 78.8 cm³/mol. The number of hydrogen-bond acceptors (Lipinski definition) is 5. The van der Waals surface area contributed by atoms with E-state index in [0.29, 0.717) is 6.54 Å². The maximum atomic E-state index is 12.0. The molecule has 0 saturated carbocycles. The summed E-state index contributed by atoms with van der Waals surface area (Å²) in [7, 11) is 0. The summed E-state index contributed by atoms with van der Waals surface area (Å²) in [6.07, 6.45) is 0. The monoisotopic (exact) mass is 355 g/mol. The minimum absolute atomic E-state index is 0.136. The van der Waals surface area contributed by atoms with Gasteiger partial charge in [0.05, 0.1) is 17.0 Å². The van der Waals surface area contributed by atoms with E-state index in [0.717, 1.165) is 10.7 Å². The molecule has 0 fully saturated rings. The van der Waals surface area contributed by atoms with Crippen molar-refractivity contribution >= 4 is 38.9 Å². The summed E-state index contributed by atoms with van der Waals surface area (Å²) in [4.78, 5) is 26.5. The minimum Gasteiger partial charge on any atom is -0.345 e. The molecule has 0 unspecified atom stereocenters. The molecule has 1 N–H and O–H groups in total. The van der Waals surface area contributed by atoms with Crippen LogP contribution in [0.25, 0.3) is 0 Å². The van der Waals surface area contributed by atoms with Crippen LogP contribution in [-0.4, -0.2) is 15.8 Å². The molecule has 1 aromatic heterocycles. The first-order valence-electron chi connectivity index (χ1n) is 5.61. The number of aromatic nitrogens is 1. The van der Waals surface area contributed by atoms with Crippen molar-refractivity contribution in [3.8, 4) is 0 Å². The molecule has 0 bridgehead atoms. The van der Waals surface area contributed by atoms with Crippen molar-refractivity contribution in [1.82, 2.24) is 10.3 Å². The van der Waals surface area contributed by atoms with Crippen LogP contribution in [0.3, 0.4) is 0 Å². The SMILES string of the molecule is Cc1csc(CNC(=O)c2cccc([N+](=O)[O-])c2Br)n1. The predicted octanol–water partition coefficient (Wildman–Crippen LogP) is 3.05. The van der Waals surface area contributed by atoms with Crippen LogP contribution in [0.1, 0.15) is 21.1 Å². The highest BCUT2D eigenvalue weighted by atomic mass is 79.9. The lowest BCUT2D eigenvalue weighted by molar-refractivity contribution is -0.385. The largest absolute Gasteiger partial charge is 0.345 e. The van der Waals surface area contributed by atoms with Gasteiger partial charge in [-0.2, -0.15) is 0 Å². The Labute approximate surface area is 127 Å². The van der Waals surface area contributed by atoms with E-state index in [9.17, 15) is 14.9 Å². The van der Waals surface area contributed by atoms with Gasteiger partial charge in [0.25, 0.3) is 11.6 Å². The lowest BCUT2D eigenvalue weighted by Crippen LogP contribution is -2.23. The number of nitro benzene ring substituents is 1. The minimum atomic E-state index is -0.537. The molecule has 2 aromatic rings. The molecule has 20 heavy (non-hydrogen) atoms. The number of halogens is 1. The zero-order chi connectivity index (χ0) is 14.7. The van der Waals surface area contributed by atoms with Gasteiger partial charge in [0.1, 0.15) is 9.48 Å². The highest BCUT2D eigenvalue weighted by molar-refractivity contribution is 9.10. The second kappa shape index (κ2) is 6.10. The first-order chi connectivity index (χ1) is 9.49. The number of amides is 1. The molecule has 8 heteroatoms. The zero-order valence-corrected chi connectivity index (χ0v) is 12.8. The topological polar surface area (TPSA) is 85.1 Å². The fourth-order valence-corrected chi connectivity index (χ4v) is 2.87. The fourth-order valence-electron chi connectivity index (χ4n) is 1.57. The van der Waals surface area contributed by atoms with E-state index in [1.54, 1.807) is 0 Å². The maximum Gasteiger partial charge on any atom is 0.284 e. The highest BCUT2D eigenvalue weighted by Crippen LogP contribution is 2.28. The summed E-state index contributed by atoms with van der Waals surface area (Å²) in [6, 6.07) is 4.34. The number of nitrogens with one attached hydrogen (secondary N) is 1. The highest BCUT2D eigenvalue weighted by Gasteiger charge is 2.19. The van der Waals surface area contributed by atoms with Gasteiger partial charge in [0.15, 0.2) is 0 Å². The van der Waals surface area contributed by atoms with Crippen LogP contribution in [-0.2, 0) is 6.54 Å². The molecule has 2 rings (SSSR count). The van der Waals surface area contributed by atoms with E-state index in [1.807, 2.05) is 12.3 Å². The lowest BCUT2D eigenvalue weighted by atomic mass is 10.2. The van der Waals surface area contributed by atoms with E-state index < -0.39 is 4.92 Å². The number of hydrogen-bond donors (Lipinski definition) is 1. The molecule has 0 aliphatic rings. The Kier molecular flexibility index (Phi) is 4.46. The third-order valence-corrected chi connectivity index (χ3v) is 4.29. The maximum absolute atomic E-state index is 12.0. The van der Waals surface area contributed by atoms with Crippen molar-refractivity contribution in [2.75, 3.05) is 0 Å². The van der Waals surface area contributed by atoms with Gasteiger partial charge < -0.3 is 5.32 Å². The molecule has 0 saturated heterocycles. The van der Waals surface area contributed by atoms with Crippen molar-refractivity contribution in [1.29, 1.82) is 0 Å². The van der Waals surface area contributed by atoms with E-state index in [1.165, 1.54) is 29.5 Å². The van der Waals surface area contributed by atoms with Crippen LogP contribution >= 0.6 is 27.3 Å². The van der Waals surface area contributed by atoms with Crippen molar-refractivity contribution in [3.05, 3.63) is 54.4 Å². The average molecular weight is 356 g/mol. The number of carbonyl (C=O) groups is 1. The van der Waals surface area contributed by atoms with Crippen LogP contribution in [0.5, 0.6) is 0 Å². The molecule has 0 aliphatic carbocycles. The van der Waals surface area contributed by atoms with E-state index >= 15 is 0 Å². The molecule has 6 nitrogen and oxygen atoms in total. The Balaban J connectivity index is 2.13. The normalized spacial score (nSPS) is 10.3. The Morgan fingerprint density at radius 2 is 2.30 bits per heavy atom. The van der Waals surface area contributed by atoms with Crippen LogP contribution in [0.15, 0.2) is 28.1 Å². The Hall–Kier alpha value is -1.80. The number of rotatable bonds is 4. The van der Waals surface area contributed by atoms with Gasteiger partial charge in [-0.3, -0.25) is 14.9 Å². The molecule has 0 atom stereocenters. The van der Waals surface area contributed by atoms with E-state index in [-0.39, 0.29) is 21.6 Å². The second-order valence-corrected chi connectivity index (χ2v) is 5.70. The Morgan fingerprint density at radius 3 is 2.90 bits per heavy atom. The van der Waals surface area contributed by atoms with Gasteiger partial charge in [-0.05, 0) is 28.9 Å². The quantitative estimate of drug-likeness (QED) is 0.674. The summed E-state index contributed by atoms with van der Waals surface area (Å²) < 4.78 is 0.179. The zero-order valence-electron chi connectivity index (χ0n) is 10.4. The molecule has 104 valence electrons. The van der Waals surface area contributed by atoms with Crippen LogP contribution < -0.4 is 5.32 Å². The molecule has 0 radical (unpaired) electrons. The molecule has 0 spiro atoms. The standard InChI is InChI=1S/C12H10BrN3O3S/c1-7-6-20-10(15-7)5-14-12(17)8-3-2-4-9(11(8)13)16(18)19/h2-4,6H,5H2,1H3,(H,14,17). The smallest absolute Gasteiger partial charge is 0.284 e. The second-order valence-electron chi connectivity index (χ2n) is 3.96. The Morgan fingerprint density at radius 1 is 1.55 bits per heavy atom. The lowest BCUT2D eigenvalue weighted by Gasteiger charge is -2.05. The molecule has 1 heterocycles. The first-order valence-corrected chi connectivity index (χ1v) is 7.28. The molecular formula is C12H10BrN3O3S.